The number of piperidine rings is 1. The molecule has 1 saturated heterocycles. The predicted octanol–water partition coefficient (Wildman–Crippen LogP) is 0.317. The molecular formula is C12H23NO8S2. The molecule has 0 saturated carbocycles. The number of rotatable bonds is 4. The molecule has 0 aromatic carbocycles. The van der Waals surface area contributed by atoms with Crippen molar-refractivity contribution < 1.29 is 34.7 Å². The van der Waals surface area contributed by atoms with Gasteiger partial charge in [0, 0.05) is 6.54 Å². The molecule has 1 fully saturated rings. The number of ether oxygens (including phenoxy) is 1. The summed E-state index contributed by atoms with van der Waals surface area (Å²) in [6.07, 6.45) is -0.925. The van der Waals surface area contributed by atoms with Crippen LogP contribution in [0.3, 0.4) is 0 Å². The van der Waals surface area contributed by atoms with Crippen LogP contribution in [0.4, 0.5) is 4.79 Å². The van der Waals surface area contributed by atoms with E-state index in [9.17, 15) is 21.6 Å². The van der Waals surface area contributed by atoms with Gasteiger partial charge >= 0.3 is 6.09 Å². The second-order valence-electron chi connectivity index (χ2n) is 6.39. The summed E-state index contributed by atoms with van der Waals surface area (Å²) < 4.78 is 60.2. The zero-order valence-electron chi connectivity index (χ0n) is 13.8. The molecule has 136 valence electrons. The Balaban J connectivity index is 2.88. The van der Waals surface area contributed by atoms with Gasteiger partial charge in [-0.15, -0.1) is 0 Å². The van der Waals surface area contributed by atoms with Crippen LogP contribution in [0, 0.1) is 0 Å². The highest BCUT2D eigenvalue weighted by molar-refractivity contribution is 7.86. The highest BCUT2D eigenvalue weighted by Crippen LogP contribution is 2.22. The van der Waals surface area contributed by atoms with Gasteiger partial charge in [-0.2, -0.15) is 16.8 Å². The van der Waals surface area contributed by atoms with Crippen LogP contribution in [0.2, 0.25) is 0 Å². The van der Waals surface area contributed by atoms with Gasteiger partial charge < -0.3 is 9.64 Å². The number of carbonyl (C=O) groups excluding carboxylic acids is 1. The van der Waals surface area contributed by atoms with Crippen LogP contribution in [-0.2, 0) is 33.3 Å². The van der Waals surface area contributed by atoms with Crippen LogP contribution in [-0.4, -0.2) is 71.2 Å². The molecule has 0 unspecified atom stereocenters. The monoisotopic (exact) mass is 373 g/mol. The van der Waals surface area contributed by atoms with Gasteiger partial charge in [0.2, 0.25) is 0 Å². The first-order valence-electron chi connectivity index (χ1n) is 6.91. The zero-order chi connectivity index (χ0) is 18.1. The summed E-state index contributed by atoms with van der Waals surface area (Å²) in [5.74, 6) is 0. The first-order chi connectivity index (χ1) is 10.2. The number of nitrogens with zero attached hydrogens (tertiary/aromatic N) is 1. The van der Waals surface area contributed by atoms with Gasteiger partial charge in [0.1, 0.15) is 17.8 Å². The van der Waals surface area contributed by atoms with E-state index in [0.717, 1.165) is 12.5 Å². The van der Waals surface area contributed by atoms with E-state index in [1.165, 1.54) is 4.90 Å². The lowest BCUT2D eigenvalue weighted by Gasteiger charge is -2.37. The Morgan fingerprint density at radius 2 is 1.48 bits per heavy atom. The lowest BCUT2D eigenvalue weighted by atomic mass is 10.1. The molecule has 23 heavy (non-hydrogen) atoms. The molecule has 0 aliphatic carbocycles. The first-order valence-corrected chi connectivity index (χ1v) is 10.5. The minimum absolute atomic E-state index is 0.104. The van der Waals surface area contributed by atoms with Crippen molar-refractivity contribution in [1.29, 1.82) is 0 Å². The average Bonchev–Trinajstić information content (AvgIpc) is 2.25. The Morgan fingerprint density at radius 1 is 1.00 bits per heavy atom. The Kier molecular flexibility index (Phi) is 6.05. The van der Waals surface area contributed by atoms with Gasteiger partial charge in [0.05, 0.1) is 19.1 Å². The molecule has 0 N–H and O–H groups in total. The van der Waals surface area contributed by atoms with Crippen LogP contribution in [0.25, 0.3) is 0 Å². The molecule has 1 rings (SSSR count). The molecule has 2 atom stereocenters. The highest BCUT2D eigenvalue weighted by atomic mass is 32.2. The lowest BCUT2D eigenvalue weighted by Crippen LogP contribution is -2.52. The SMILES string of the molecule is CC(C)(C)OC(=O)N1CC[C@@H](OS(C)(=O)=O)[C@@H](OS(C)(=O)=O)C1. The number of likely N-dealkylation sites (tertiary alicyclic amines) is 1. The summed E-state index contributed by atoms with van der Waals surface area (Å²) in [5, 5.41) is 0. The molecule has 1 amide bonds. The van der Waals surface area contributed by atoms with Gasteiger partial charge in [-0.05, 0) is 27.2 Å². The van der Waals surface area contributed by atoms with Crippen molar-refractivity contribution in [3.05, 3.63) is 0 Å². The second kappa shape index (κ2) is 6.91. The van der Waals surface area contributed by atoms with Gasteiger partial charge in [0.15, 0.2) is 0 Å². The average molecular weight is 373 g/mol. The van der Waals surface area contributed by atoms with Crippen molar-refractivity contribution in [1.82, 2.24) is 4.90 Å². The fraction of sp³-hybridized carbons (Fsp3) is 0.917. The van der Waals surface area contributed by atoms with Crippen LogP contribution in [0.1, 0.15) is 27.2 Å². The molecule has 1 heterocycles. The lowest BCUT2D eigenvalue weighted by molar-refractivity contribution is -0.0236. The number of carbonyl (C=O) groups is 1. The minimum atomic E-state index is -3.85. The van der Waals surface area contributed by atoms with E-state index in [0.29, 0.717) is 0 Å². The highest BCUT2D eigenvalue weighted by Gasteiger charge is 2.38. The molecule has 0 radical (unpaired) electrons. The molecule has 1 aliphatic rings. The van der Waals surface area contributed by atoms with Crippen molar-refractivity contribution in [3.8, 4) is 0 Å². The molecule has 0 spiro atoms. The van der Waals surface area contributed by atoms with E-state index in [-0.39, 0.29) is 19.5 Å². The Morgan fingerprint density at radius 3 is 1.91 bits per heavy atom. The van der Waals surface area contributed by atoms with Crippen LogP contribution < -0.4 is 0 Å². The van der Waals surface area contributed by atoms with Gasteiger partial charge in [0.25, 0.3) is 20.2 Å². The standard InChI is InChI=1S/C12H23NO8S2/c1-12(2,3)19-11(14)13-7-6-9(20-22(4,15)16)10(8-13)21-23(5,17)18/h9-10H,6-8H2,1-5H3/t9-,10+/m1/s1. The molecule has 1 aliphatic heterocycles. The topological polar surface area (TPSA) is 116 Å². The van der Waals surface area contributed by atoms with Gasteiger partial charge in [-0.25, -0.2) is 4.79 Å². The van der Waals surface area contributed by atoms with E-state index in [2.05, 4.69) is 0 Å². The molecule has 11 heteroatoms. The third-order valence-corrected chi connectivity index (χ3v) is 3.94. The van der Waals surface area contributed by atoms with Crippen LogP contribution >= 0.6 is 0 Å². The maximum absolute atomic E-state index is 12.1. The van der Waals surface area contributed by atoms with Gasteiger partial charge in [-0.1, -0.05) is 0 Å². The maximum atomic E-state index is 12.1. The minimum Gasteiger partial charge on any atom is -0.444 e. The molecule has 0 aromatic rings. The smallest absolute Gasteiger partial charge is 0.410 e. The van der Waals surface area contributed by atoms with Crippen LogP contribution in [0.5, 0.6) is 0 Å². The van der Waals surface area contributed by atoms with Crippen molar-refractivity contribution in [3.63, 3.8) is 0 Å². The van der Waals surface area contributed by atoms with Gasteiger partial charge in [-0.3, -0.25) is 8.37 Å². The Hall–Kier alpha value is -0.910. The second-order valence-corrected chi connectivity index (χ2v) is 9.59. The third kappa shape index (κ3) is 7.95. The summed E-state index contributed by atoms with van der Waals surface area (Å²) in [4.78, 5) is 13.3. The quantitative estimate of drug-likeness (QED) is 0.647. The van der Waals surface area contributed by atoms with E-state index >= 15 is 0 Å². The van der Waals surface area contributed by atoms with Crippen molar-refractivity contribution in [2.75, 3.05) is 25.6 Å². The summed E-state index contributed by atoms with van der Waals surface area (Å²) in [5.41, 5.74) is -0.704. The molecule has 0 bridgehead atoms. The maximum Gasteiger partial charge on any atom is 0.410 e. The molecule has 9 nitrogen and oxygen atoms in total. The normalized spacial score (nSPS) is 23.6. The van der Waals surface area contributed by atoms with Crippen molar-refractivity contribution in [2.24, 2.45) is 0 Å². The van der Waals surface area contributed by atoms with E-state index in [1.807, 2.05) is 0 Å². The third-order valence-electron chi connectivity index (χ3n) is 2.75. The zero-order valence-corrected chi connectivity index (χ0v) is 15.4. The summed E-state index contributed by atoms with van der Waals surface area (Å²) in [7, 11) is -7.64. The Bertz CT molecular complexity index is 634. The molecular weight excluding hydrogens is 350 g/mol. The van der Waals surface area contributed by atoms with E-state index in [4.69, 9.17) is 13.1 Å². The predicted molar refractivity (Wildman–Crippen MR) is 81.9 cm³/mol. The fourth-order valence-corrected chi connectivity index (χ4v) is 3.34. The summed E-state index contributed by atoms with van der Waals surface area (Å²) in [6, 6.07) is 0. The number of hydrogen-bond donors (Lipinski definition) is 0. The summed E-state index contributed by atoms with van der Waals surface area (Å²) in [6.45, 7) is 5.12. The van der Waals surface area contributed by atoms with Crippen molar-refractivity contribution >= 4 is 26.3 Å². The molecule has 0 aromatic heterocycles. The summed E-state index contributed by atoms with van der Waals surface area (Å²) >= 11 is 0. The Labute approximate surface area is 137 Å². The van der Waals surface area contributed by atoms with Crippen molar-refractivity contribution in [2.45, 2.75) is 45.0 Å². The fourth-order valence-electron chi connectivity index (χ4n) is 2.04. The van der Waals surface area contributed by atoms with Crippen LogP contribution in [0.15, 0.2) is 0 Å². The van der Waals surface area contributed by atoms with E-state index < -0.39 is 44.1 Å². The van der Waals surface area contributed by atoms with E-state index in [1.54, 1.807) is 20.8 Å². The largest absolute Gasteiger partial charge is 0.444 e. The first kappa shape index (κ1) is 20.1. The number of hydrogen-bond acceptors (Lipinski definition) is 8. The number of amides is 1.